The topological polar surface area (TPSA) is 79.6 Å². The number of hydrogen-bond donors (Lipinski definition) is 1. The number of rotatable bonds is 4. The zero-order chi connectivity index (χ0) is 23.2. The van der Waals surface area contributed by atoms with Crippen LogP contribution < -0.4 is 4.72 Å². The van der Waals surface area contributed by atoms with Gasteiger partial charge in [-0.15, -0.1) is 0 Å². The van der Waals surface area contributed by atoms with E-state index in [1.807, 2.05) is 0 Å². The molecule has 32 heavy (non-hydrogen) atoms. The minimum absolute atomic E-state index is 0.0234. The van der Waals surface area contributed by atoms with E-state index in [1.54, 1.807) is 31.7 Å². The van der Waals surface area contributed by atoms with Crippen LogP contribution in [0.3, 0.4) is 0 Å². The molecule has 1 saturated heterocycles. The number of hydrogen-bond acceptors (Lipinski definition) is 4. The van der Waals surface area contributed by atoms with Crippen LogP contribution in [0.15, 0.2) is 33.6 Å². The highest BCUT2D eigenvalue weighted by Gasteiger charge is 2.30. The predicted molar refractivity (Wildman–Crippen MR) is 117 cm³/mol. The van der Waals surface area contributed by atoms with Crippen molar-refractivity contribution >= 4 is 32.6 Å². The average Bonchev–Trinajstić information content (AvgIpc) is 3.07. The number of aryl methyl sites for hydroxylation is 2. The second-order valence-corrected chi connectivity index (χ2v) is 9.78. The molecule has 9 heteroatoms. The van der Waals surface area contributed by atoms with E-state index < -0.39 is 27.3 Å². The van der Waals surface area contributed by atoms with Crippen LogP contribution in [0.5, 0.6) is 0 Å². The molecule has 6 nitrogen and oxygen atoms in total. The van der Waals surface area contributed by atoms with E-state index in [0.717, 1.165) is 37.5 Å². The molecule has 170 valence electrons. The monoisotopic (exact) mass is 462 g/mol. The zero-order valence-corrected chi connectivity index (χ0v) is 18.9. The van der Waals surface area contributed by atoms with Gasteiger partial charge >= 0.3 is 0 Å². The Morgan fingerprint density at radius 2 is 1.72 bits per heavy atom. The summed E-state index contributed by atoms with van der Waals surface area (Å²) in [5.41, 5.74) is 1.13. The molecule has 1 amide bonds. The lowest BCUT2D eigenvalue weighted by Gasteiger charge is -2.25. The highest BCUT2D eigenvalue weighted by Crippen LogP contribution is 2.36. The molecule has 1 aliphatic rings. The van der Waals surface area contributed by atoms with Gasteiger partial charge in [0.15, 0.2) is 11.3 Å². The Balaban J connectivity index is 1.86. The van der Waals surface area contributed by atoms with E-state index in [-0.39, 0.29) is 22.1 Å². The molecule has 2 aromatic carbocycles. The van der Waals surface area contributed by atoms with Crippen LogP contribution in [0, 0.1) is 32.4 Å². The van der Waals surface area contributed by atoms with Crippen LogP contribution in [0.25, 0.3) is 11.0 Å². The predicted octanol–water partition coefficient (Wildman–Crippen LogP) is 5.06. The summed E-state index contributed by atoms with van der Waals surface area (Å²) in [5, 5.41) is 0.494. The van der Waals surface area contributed by atoms with Gasteiger partial charge in [0.1, 0.15) is 16.5 Å². The number of furan rings is 1. The normalized spacial score (nSPS) is 14.7. The highest BCUT2D eigenvalue weighted by molar-refractivity contribution is 7.93. The molecule has 1 fully saturated rings. The lowest BCUT2D eigenvalue weighted by molar-refractivity contribution is 0.0693. The molecule has 0 unspecified atom stereocenters. The number of fused-ring (bicyclic) bond motifs is 1. The first-order valence-corrected chi connectivity index (χ1v) is 11.9. The van der Waals surface area contributed by atoms with E-state index in [0.29, 0.717) is 35.2 Å². The average molecular weight is 463 g/mol. The van der Waals surface area contributed by atoms with Gasteiger partial charge in [-0.05, 0) is 69.4 Å². The number of halogens is 2. The Morgan fingerprint density at radius 1 is 1.03 bits per heavy atom. The zero-order valence-electron chi connectivity index (χ0n) is 18.1. The van der Waals surface area contributed by atoms with Crippen molar-refractivity contribution in [2.45, 2.75) is 44.9 Å². The standard InChI is InChI=1S/C23H24F2N2O4S/c1-13-11-17-15(3)20(23(28)27-9-5-4-6-10-27)31-21(17)22(14(13)2)32(29,30)26-19-12-16(24)7-8-18(19)25/h7-8,11-12,26H,4-6,9-10H2,1-3H3. The van der Waals surface area contributed by atoms with Gasteiger partial charge in [0.25, 0.3) is 15.9 Å². The summed E-state index contributed by atoms with van der Waals surface area (Å²) in [6.07, 6.45) is 2.88. The summed E-state index contributed by atoms with van der Waals surface area (Å²) in [6.45, 7) is 6.32. The van der Waals surface area contributed by atoms with Crippen LogP contribution in [0.4, 0.5) is 14.5 Å². The number of benzene rings is 2. The third kappa shape index (κ3) is 3.85. The second-order valence-electron chi connectivity index (χ2n) is 8.16. The van der Waals surface area contributed by atoms with Gasteiger partial charge in [0, 0.05) is 30.1 Å². The van der Waals surface area contributed by atoms with Crippen LogP contribution in [-0.4, -0.2) is 32.3 Å². The third-order valence-electron chi connectivity index (χ3n) is 5.97. The minimum Gasteiger partial charge on any atom is -0.449 e. The van der Waals surface area contributed by atoms with Crippen molar-refractivity contribution < 1.29 is 26.4 Å². The van der Waals surface area contributed by atoms with Crippen molar-refractivity contribution in [2.24, 2.45) is 0 Å². The molecular weight excluding hydrogens is 438 g/mol. The number of carbonyl (C=O) groups excluding carboxylic acids is 1. The van der Waals surface area contributed by atoms with Crippen molar-refractivity contribution in [1.29, 1.82) is 0 Å². The molecule has 0 spiro atoms. The number of piperidine rings is 1. The number of carbonyl (C=O) groups is 1. The Morgan fingerprint density at radius 3 is 2.41 bits per heavy atom. The van der Waals surface area contributed by atoms with Crippen molar-refractivity contribution in [1.82, 2.24) is 4.90 Å². The van der Waals surface area contributed by atoms with Crippen LogP contribution >= 0.6 is 0 Å². The van der Waals surface area contributed by atoms with Crippen molar-refractivity contribution in [3.05, 3.63) is 58.4 Å². The summed E-state index contributed by atoms with van der Waals surface area (Å²) in [4.78, 5) is 14.6. The number of sulfonamides is 1. The number of amides is 1. The fraction of sp³-hybridized carbons (Fsp3) is 0.348. The molecule has 4 rings (SSSR count). The number of nitrogens with one attached hydrogen (secondary N) is 1. The largest absolute Gasteiger partial charge is 0.449 e. The molecule has 0 saturated carbocycles. The van der Waals surface area contributed by atoms with Gasteiger partial charge in [-0.3, -0.25) is 9.52 Å². The smallest absolute Gasteiger partial charge is 0.289 e. The lowest BCUT2D eigenvalue weighted by atomic mass is 10.0. The highest BCUT2D eigenvalue weighted by atomic mass is 32.2. The lowest BCUT2D eigenvalue weighted by Crippen LogP contribution is -2.35. The molecule has 0 atom stereocenters. The van der Waals surface area contributed by atoms with Gasteiger partial charge in [0.2, 0.25) is 0 Å². The summed E-state index contributed by atoms with van der Waals surface area (Å²) in [7, 11) is -4.36. The number of nitrogens with zero attached hydrogens (tertiary/aromatic N) is 1. The Hall–Kier alpha value is -2.94. The maximum atomic E-state index is 14.1. The molecule has 2 heterocycles. The van der Waals surface area contributed by atoms with Gasteiger partial charge in [-0.2, -0.15) is 0 Å². The number of likely N-dealkylation sites (tertiary alicyclic amines) is 1. The van der Waals surface area contributed by atoms with Crippen molar-refractivity contribution in [3.63, 3.8) is 0 Å². The van der Waals surface area contributed by atoms with E-state index in [2.05, 4.69) is 4.72 Å². The molecule has 1 N–H and O–H groups in total. The molecule has 0 bridgehead atoms. The first-order chi connectivity index (χ1) is 15.1. The summed E-state index contributed by atoms with van der Waals surface area (Å²) < 4.78 is 62.3. The van der Waals surface area contributed by atoms with Crippen molar-refractivity contribution in [3.8, 4) is 0 Å². The quantitative estimate of drug-likeness (QED) is 0.588. The van der Waals surface area contributed by atoms with E-state index in [9.17, 15) is 22.0 Å². The van der Waals surface area contributed by atoms with Crippen LogP contribution in [0.2, 0.25) is 0 Å². The van der Waals surface area contributed by atoms with Gasteiger partial charge in [-0.25, -0.2) is 17.2 Å². The SMILES string of the molecule is Cc1cc2c(C)c(C(=O)N3CCCCC3)oc2c(S(=O)(=O)Nc2cc(F)ccc2F)c1C. The fourth-order valence-corrected chi connectivity index (χ4v) is 5.59. The van der Waals surface area contributed by atoms with Gasteiger partial charge < -0.3 is 9.32 Å². The summed E-state index contributed by atoms with van der Waals surface area (Å²) >= 11 is 0. The van der Waals surface area contributed by atoms with Gasteiger partial charge in [-0.1, -0.05) is 0 Å². The first kappa shape index (κ1) is 22.3. The fourth-order valence-electron chi connectivity index (χ4n) is 4.08. The van der Waals surface area contributed by atoms with E-state index in [4.69, 9.17) is 4.42 Å². The molecule has 3 aromatic rings. The minimum atomic E-state index is -4.36. The molecule has 1 aromatic heterocycles. The maximum absolute atomic E-state index is 14.1. The Labute approximate surface area is 185 Å². The molecule has 1 aliphatic heterocycles. The van der Waals surface area contributed by atoms with Crippen molar-refractivity contribution in [2.75, 3.05) is 17.8 Å². The molecule has 0 radical (unpaired) electrons. The van der Waals surface area contributed by atoms with E-state index >= 15 is 0 Å². The third-order valence-corrected chi connectivity index (χ3v) is 7.49. The Bertz CT molecular complexity index is 1330. The molecule has 0 aliphatic carbocycles. The van der Waals surface area contributed by atoms with E-state index in [1.165, 1.54) is 0 Å². The second kappa shape index (κ2) is 8.20. The first-order valence-electron chi connectivity index (χ1n) is 10.4. The molecular formula is C23H24F2N2O4S. The summed E-state index contributed by atoms with van der Waals surface area (Å²) in [6, 6.07) is 4.29. The van der Waals surface area contributed by atoms with Gasteiger partial charge in [0.05, 0.1) is 5.69 Å². The maximum Gasteiger partial charge on any atom is 0.289 e. The Kier molecular flexibility index (Phi) is 5.70. The number of anilines is 1. The van der Waals surface area contributed by atoms with Crippen LogP contribution in [-0.2, 0) is 10.0 Å². The van der Waals surface area contributed by atoms with Crippen LogP contribution in [0.1, 0.15) is 46.5 Å². The summed E-state index contributed by atoms with van der Waals surface area (Å²) in [5.74, 6) is -1.87.